The molecule has 0 spiro atoms. The smallest absolute Gasteiger partial charge is 0.224 e. The molecule has 1 saturated heterocycles. The number of amides is 1. The maximum Gasteiger partial charge on any atom is 0.224 e. The predicted molar refractivity (Wildman–Crippen MR) is 96.0 cm³/mol. The molecule has 3 rings (SSSR count). The van der Waals surface area contributed by atoms with Crippen molar-refractivity contribution in [3.8, 4) is 0 Å². The molecule has 2 aromatic rings. The Morgan fingerprint density at radius 2 is 2.04 bits per heavy atom. The molecule has 0 radical (unpaired) electrons. The Labute approximate surface area is 152 Å². The molecular weight excluding hydrogens is 335 g/mol. The van der Waals surface area contributed by atoms with Gasteiger partial charge >= 0.3 is 0 Å². The number of nitrogens with zero attached hydrogens (tertiary/aromatic N) is 3. The number of hydrogen-bond acceptors (Lipinski definition) is 4. The van der Waals surface area contributed by atoms with Crippen molar-refractivity contribution in [1.29, 1.82) is 0 Å². The van der Waals surface area contributed by atoms with E-state index in [4.69, 9.17) is 0 Å². The fraction of sp³-hybridized carbons (Fsp3) is 0.474. The SMILES string of the molecule is Cc1nn(C)c(C)c1[C@H]1[C@H](NC[C@@H](O)c2ccccc2F)CC(=O)N1C. The van der Waals surface area contributed by atoms with Gasteiger partial charge in [0.25, 0.3) is 0 Å². The Balaban J connectivity index is 1.80. The molecule has 0 saturated carbocycles. The summed E-state index contributed by atoms with van der Waals surface area (Å²) in [5.41, 5.74) is 3.18. The monoisotopic (exact) mass is 360 g/mol. The topological polar surface area (TPSA) is 70.4 Å². The molecule has 0 aliphatic carbocycles. The number of carbonyl (C=O) groups excluding carboxylic acids is 1. The molecule has 2 N–H and O–H groups in total. The number of likely N-dealkylation sites (tertiary alicyclic amines) is 1. The van der Waals surface area contributed by atoms with Crippen LogP contribution in [0.1, 0.15) is 41.1 Å². The standard InChI is InChI=1S/C19H25FN4O2/c1-11-18(12(2)24(4)22-11)19-15(9-17(26)23(19)3)21-10-16(25)13-7-5-6-8-14(13)20/h5-8,15-16,19,21,25H,9-10H2,1-4H3/t15-,16-,19-/m1/s1. The normalized spacial score (nSPS) is 21.5. The van der Waals surface area contributed by atoms with Gasteiger partial charge in [0.2, 0.25) is 5.91 Å². The van der Waals surface area contributed by atoms with Gasteiger partial charge in [-0.15, -0.1) is 0 Å². The molecule has 1 aromatic carbocycles. The first-order chi connectivity index (χ1) is 12.3. The van der Waals surface area contributed by atoms with E-state index in [0.29, 0.717) is 6.42 Å². The molecule has 1 aliphatic heterocycles. The second kappa shape index (κ2) is 7.17. The maximum absolute atomic E-state index is 13.9. The molecule has 3 atom stereocenters. The molecule has 1 fully saturated rings. The van der Waals surface area contributed by atoms with E-state index in [2.05, 4.69) is 10.4 Å². The molecule has 26 heavy (non-hydrogen) atoms. The molecule has 140 valence electrons. The highest BCUT2D eigenvalue weighted by molar-refractivity contribution is 5.80. The van der Waals surface area contributed by atoms with E-state index < -0.39 is 11.9 Å². The van der Waals surface area contributed by atoms with Crippen molar-refractivity contribution in [3.63, 3.8) is 0 Å². The third-order valence-corrected chi connectivity index (χ3v) is 5.28. The van der Waals surface area contributed by atoms with Gasteiger partial charge in [0.1, 0.15) is 5.82 Å². The summed E-state index contributed by atoms with van der Waals surface area (Å²) >= 11 is 0. The fourth-order valence-electron chi connectivity index (χ4n) is 3.78. The van der Waals surface area contributed by atoms with Gasteiger partial charge < -0.3 is 15.3 Å². The lowest BCUT2D eigenvalue weighted by molar-refractivity contribution is -0.127. The number of hydrogen-bond donors (Lipinski definition) is 2. The number of aliphatic hydroxyl groups excluding tert-OH is 1. The van der Waals surface area contributed by atoms with Gasteiger partial charge in [0.05, 0.1) is 17.8 Å². The van der Waals surface area contributed by atoms with Crippen LogP contribution in [0.25, 0.3) is 0 Å². The van der Waals surface area contributed by atoms with E-state index in [1.54, 1.807) is 30.1 Å². The summed E-state index contributed by atoms with van der Waals surface area (Å²) in [4.78, 5) is 14.0. The molecule has 1 aromatic heterocycles. The minimum absolute atomic E-state index is 0.0375. The summed E-state index contributed by atoms with van der Waals surface area (Å²) in [7, 11) is 3.67. The van der Waals surface area contributed by atoms with E-state index in [1.165, 1.54) is 6.07 Å². The zero-order valence-electron chi connectivity index (χ0n) is 15.5. The highest BCUT2D eigenvalue weighted by atomic mass is 19.1. The average Bonchev–Trinajstić information content (AvgIpc) is 3.01. The molecule has 1 amide bonds. The van der Waals surface area contributed by atoms with E-state index in [9.17, 15) is 14.3 Å². The molecule has 6 nitrogen and oxygen atoms in total. The number of likely N-dealkylation sites (N-methyl/N-ethyl adjacent to an activating group) is 1. The summed E-state index contributed by atoms with van der Waals surface area (Å²) < 4.78 is 15.7. The summed E-state index contributed by atoms with van der Waals surface area (Å²) in [6.45, 7) is 4.09. The number of nitrogens with one attached hydrogen (secondary N) is 1. The number of aryl methyl sites for hydroxylation is 2. The Hall–Kier alpha value is -2.25. The van der Waals surface area contributed by atoms with Gasteiger partial charge in [0.15, 0.2) is 0 Å². The van der Waals surface area contributed by atoms with Crippen molar-refractivity contribution in [2.75, 3.05) is 13.6 Å². The number of aromatic nitrogens is 2. The van der Waals surface area contributed by atoms with Crippen LogP contribution in [0, 0.1) is 19.7 Å². The van der Waals surface area contributed by atoms with E-state index >= 15 is 0 Å². The van der Waals surface area contributed by atoms with Crippen molar-refractivity contribution in [1.82, 2.24) is 20.0 Å². The molecule has 2 heterocycles. The van der Waals surface area contributed by atoms with E-state index in [-0.39, 0.29) is 30.1 Å². The quantitative estimate of drug-likeness (QED) is 0.853. The first-order valence-corrected chi connectivity index (χ1v) is 8.73. The van der Waals surface area contributed by atoms with Crippen LogP contribution in [0.2, 0.25) is 0 Å². The van der Waals surface area contributed by atoms with Gasteiger partial charge in [-0.3, -0.25) is 9.48 Å². The van der Waals surface area contributed by atoms with Crippen molar-refractivity contribution in [2.24, 2.45) is 7.05 Å². The lowest BCUT2D eigenvalue weighted by Gasteiger charge is -2.27. The zero-order valence-corrected chi connectivity index (χ0v) is 15.5. The van der Waals surface area contributed by atoms with Gasteiger partial charge in [-0.05, 0) is 19.9 Å². The van der Waals surface area contributed by atoms with Gasteiger partial charge in [-0.1, -0.05) is 18.2 Å². The van der Waals surface area contributed by atoms with Gasteiger partial charge in [0, 0.05) is 49.9 Å². The van der Waals surface area contributed by atoms with Gasteiger partial charge in [-0.25, -0.2) is 4.39 Å². The number of halogens is 1. The molecule has 7 heteroatoms. The average molecular weight is 360 g/mol. The summed E-state index contributed by atoms with van der Waals surface area (Å²) in [6, 6.07) is 5.85. The lowest BCUT2D eigenvalue weighted by Crippen LogP contribution is -2.38. The Kier molecular flexibility index (Phi) is 5.11. The summed E-state index contributed by atoms with van der Waals surface area (Å²) in [5, 5.41) is 18.1. The summed E-state index contributed by atoms with van der Waals surface area (Å²) in [5.74, 6) is -0.396. The van der Waals surface area contributed by atoms with Crippen LogP contribution in [0.15, 0.2) is 24.3 Å². The van der Waals surface area contributed by atoms with Crippen molar-refractivity contribution in [3.05, 3.63) is 52.6 Å². The minimum Gasteiger partial charge on any atom is -0.387 e. The second-order valence-corrected chi connectivity index (χ2v) is 6.91. The maximum atomic E-state index is 13.9. The Bertz CT molecular complexity index is 820. The van der Waals surface area contributed by atoms with Crippen molar-refractivity contribution in [2.45, 2.75) is 38.5 Å². The zero-order chi connectivity index (χ0) is 19.0. The van der Waals surface area contributed by atoms with Crippen LogP contribution >= 0.6 is 0 Å². The largest absolute Gasteiger partial charge is 0.387 e. The van der Waals surface area contributed by atoms with Crippen LogP contribution < -0.4 is 5.32 Å². The Morgan fingerprint density at radius 3 is 2.65 bits per heavy atom. The third-order valence-electron chi connectivity index (χ3n) is 5.28. The second-order valence-electron chi connectivity index (χ2n) is 6.91. The van der Waals surface area contributed by atoms with Crippen molar-refractivity contribution >= 4 is 5.91 Å². The highest BCUT2D eigenvalue weighted by Crippen LogP contribution is 2.35. The van der Waals surface area contributed by atoms with Crippen LogP contribution in [0.3, 0.4) is 0 Å². The molecule has 1 aliphatic rings. The summed E-state index contributed by atoms with van der Waals surface area (Å²) in [6.07, 6.45) is -0.646. The van der Waals surface area contributed by atoms with Crippen LogP contribution in [-0.2, 0) is 11.8 Å². The van der Waals surface area contributed by atoms with Crippen LogP contribution in [0.4, 0.5) is 4.39 Å². The number of carbonyl (C=O) groups is 1. The van der Waals surface area contributed by atoms with E-state index in [1.807, 2.05) is 25.6 Å². The minimum atomic E-state index is -0.978. The van der Waals surface area contributed by atoms with Crippen LogP contribution in [0.5, 0.6) is 0 Å². The number of aliphatic hydroxyl groups is 1. The van der Waals surface area contributed by atoms with E-state index in [0.717, 1.165) is 17.0 Å². The first-order valence-electron chi connectivity index (χ1n) is 8.73. The van der Waals surface area contributed by atoms with Gasteiger partial charge in [-0.2, -0.15) is 5.10 Å². The molecule has 0 unspecified atom stereocenters. The first kappa shape index (κ1) is 18.5. The number of benzene rings is 1. The highest BCUT2D eigenvalue weighted by Gasteiger charge is 2.41. The predicted octanol–water partition coefficient (Wildman–Crippen LogP) is 1.77. The third kappa shape index (κ3) is 3.24. The van der Waals surface area contributed by atoms with Crippen LogP contribution in [-0.4, -0.2) is 45.3 Å². The lowest BCUT2D eigenvalue weighted by atomic mass is 9.97. The molecule has 0 bridgehead atoms. The number of rotatable bonds is 5. The van der Waals surface area contributed by atoms with Crippen molar-refractivity contribution < 1.29 is 14.3 Å². The fourth-order valence-corrected chi connectivity index (χ4v) is 3.78. The Morgan fingerprint density at radius 1 is 1.35 bits per heavy atom. The molecular formula is C19H25FN4O2.